The minimum Gasteiger partial charge on any atom is -0.485 e. The molecule has 3 N–H and O–H groups in total. The number of piperidine rings is 1. The van der Waals surface area contributed by atoms with Crippen LogP contribution in [0, 0.1) is 10.1 Å². The van der Waals surface area contributed by atoms with Crippen LogP contribution in [0.25, 0.3) is 0 Å². The van der Waals surface area contributed by atoms with Gasteiger partial charge in [0.2, 0.25) is 0 Å². The summed E-state index contributed by atoms with van der Waals surface area (Å²) in [6.45, 7) is 5.40. The van der Waals surface area contributed by atoms with Crippen LogP contribution < -0.4 is 10.5 Å². The quantitative estimate of drug-likeness (QED) is 0.489. The summed E-state index contributed by atoms with van der Waals surface area (Å²) in [4.78, 5) is 12.9. The molecule has 0 bridgehead atoms. The Morgan fingerprint density at radius 2 is 1.96 bits per heavy atom. The van der Waals surface area contributed by atoms with Gasteiger partial charge in [-0.2, -0.15) is 0 Å². The Hall–Kier alpha value is -1.86. The largest absolute Gasteiger partial charge is 0.485 e. The van der Waals surface area contributed by atoms with Crippen molar-refractivity contribution in [1.29, 1.82) is 0 Å². The first-order valence-electron chi connectivity index (χ1n) is 8.00. The second kappa shape index (κ2) is 6.57. The highest BCUT2D eigenvalue weighted by Gasteiger charge is 2.46. The van der Waals surface area contributed by atoms with Crippen LogP contribution in [0.1, 0.15) is 52.1 Å². The zero-order chi connectivity index (χ0) is 16.8. The number of hydrogen-bond acceptors (Lipinski definition) is 6. The summed E-state index contributed by atoms with van der Waals surface area (Å²) >= 11 is 0. The van der Waals surface area contributed by atoms with Gasteiger partial charge in [-0.25, -0.2) is 0 Å². The Morgan fingerprint density at radius 3 is 2.54 bits per heavy atom. The van der Waals surface area contributed by atoms with Gasteiger partial charge < -0.3 is 15.6 Å². The number of nitro groups is 1. The third-order valence-electron chi connectivity index (χ3n) is 4.84. The topological polar surface area (TPSA) is 102 Å². The van der Waals surface area contributed by atoms with Gasteiger partial charge >= 0.3 is 0 Å². The molecule has 7 heteroatoms. The van der Waals surface area contributed by atoms with Crippen LogP contribution in [0.2, 0.25) is 0 Å². The molecule has 24 heavy (non-hydrogen) atoms. The minimum absolute atomic E-state index is 0. The molecule has 2 heterocycles. The summed E-state index contributed by atoms with van der Waals surface area (Å²) in [5.41, 5.74) is 5.61. The Morgan fingerprint density at radius 1 is 1.33 bits per heavy atom. The van der Waals surface area contributed by atoms with Gasteiger partial charge in [0.05, 0.1) is 11.0 Å². The molecule has 1 aromatic carbocycles. The second-order valence-electron chi connectivity index (χ2n) is 6.90. The summed E-state index contributed by atoms with van der Waals surface area (Å²) < 4.78 is 5.89. The summed E-state index contributed by atoms with van der Waals surface area (Å²) in [7, 11) is 0. The molecule has 0 aromatic heterocycles. The van der Waals surface area contributed by atoms with Crippen molar-refractivity contribution < 1.29 is 14.8 Å². The van der Waals surface area contributed by atoms with Crippen molar-refractivity contribution in [2.75, 3.05) is 18.8 Å². The maximum atomic E-state index is 11.2. The summed E-state index contributed by atoms with van der Waals surface area (Å²) in [5.74, 6) is 0.527. The van der Waals surface area contributed by atoms with Crippen molar-refractivity contribution in [3.8, 4) is 5.75 Å². The van der Waals surface area contributed by atoms with Crippen molar-refractivity contribution in [3.63, 3.8) is 0 Å². The molecular weight excluding hydrogens is 310 g/mol. The van der Waals surface area contributed by atoms with Gasteiger partial charge in [-0.3, -0.25) is 15.0 Å². The summed E-state index contributed by atoms with van der Waals surface area (Å²) in [5, 5.41) is 22.0. The summed E-state index contributed by atoms with van der Waals surface area (Å²) in [6, 6.07) is 2.66. The van der Waals surface area contributed by atoms with Gasteiger partial charge in [-0.1, -0.05) is 13.8 Å². The van der Waals surface area contributed by atoms with Crippen LogP contribution in [0.3, 0.4) is 0 Å². The van der Waals surface area contributed by atoms with E-state index in [1.54, 1.807) is 0 Å². The number of ether oxygens (including phenoxy) is 1. The van der Waals surface area contributed by atoms with Crippen LogP contribution in [0.4, 0.5) is 11.4 Å². The van der Waals surface area contributed by atoms with Crippen LogP contribution in [-0.2, 0) is 0 Å². The van der Waals surface area contributed by atoms with Gasteiger partial charge in [0.25, 0.3) is 5.69 Å². The zero-order valence-corrected chi connectivity index (χ0v) is 13.5. The number of nitro benzene ring substituents is 1. The molecular formula is C17H27N3O4. The van der Waals surface area contributed by atoms with E-state index in [0.29, 0.717) is 11.3 Å². The molecule has 0 unspecified atom stereocenters. The first-order valence-corrected chi connectivity index (χ1v) is 8.00. The molecule has 3 rings (SSSR count). The lowest BCUT2D eigenvalue weighted by atomic mass is 9.84. The fourth-order valence-corrected chi connectivity index (χ4v) is 3.56. The number of fused-ring (bicyclic) bond motifs is 1. The molecule has 2 aliphatic rings. The van der Waals surface area contributed by atoms with Gasteiger partial charge in [0.1, 0.15) is 23.1 Å². The van der Waals surface area contributed by atoms with E-state index in [0.717, 1.165) is 25.9 Å². The highest BCUT2D eigenvalue weighted by molar-refractivity contribution is 5.65. The first-order chi connectivity index (χ1) is 10.8. The molecule has 0 radical (unpaired) electrons. The van der Waals surface area contributed by atoms with Gasteiger partial charge in [-0.05, 0) is 39.8 Å². The monoisotopic (exact) mass is 337 g/mol. The molecule has 1 saturated heterocycles. The zero-order valence-electron chi connectivity index (χ0n) is 13.5. The number of rotatable bonds is 2. The fraction of sp³-hybridized carbons (Fsp3) is 0.647. The van der Waals surface area contributed by atoms with E-state index in [9.17, 15) is 15.2 Å². The Balaban J connectivity index is 0.00000208. The highest BCUT2D eigenvalue weighted by atomic mass is 16.6. The van der Waals surface area contributed by atoms with E-state index in [4.69, 9.17) is 10.5 Å². The third-order valence-corrected chi connectivity index (χ3v) is 4.84. The molecule has 2 aliphatic heterocycles. The van der Waals surface area contributed by atoms with Crippen molar-refractivity contribution >= 4 is 11.4 Å². The Labute approximate surface area is 142 Å². The van der Waals surface area contributed by atoms with Crippen molar-refractivity contribution in [1.82, 2.24) is 4.90 Å². The molecule has 0 spiro atoms. The van der Waals surface area contributed by atoms with Crippen molar-refractivity contribution in [2.45, 2.75) is 58.3 Å². The second-order valence-corrected chi connectivity index (χ2v) is 6.90. The number of likely N-dealkylation sites (tertiary alicyclic amines) is 1. The first kappa shape index (κ1) is 18.5. The lowest BCUT2D eigenvalue weighted by Crippen LogP contribution is -2.54. The molecule has 1 fully saturated rings. The van der Waals surface area contributed by atoms with Gasteiger partial charge in [0.15, 0.2) is 0 Å². The van der Waals surface area contributed by atoms with Crippen LogP contribution in [0.15, 0.2) is 12.1 Å². The average molecular weight is 337 g/mol. The molecule has 0 amide bonds. The highest BCUT2D eigenvalue weighted by Crippen LogP contribution is 2.46. The number of nitrogens with two attached hydrogens (primary N) is 1. The molecule has 7 nitrogen and oxygen atoms in total. The number of nitrogen functional groups attached to an aromatic ring is 1. The lowest BCUT2D eigenvalue weighted by molar-refractivity contribution is -0.384. The fourth-order valence-electron chi connectivity index (χ4n) is 3.56. The minimum atomic E-state index is -0.780. The van der Waals surface area contributed by atoms with Gasteiger partial charge in [0, 0.05) is 17.7 Å². The molecule has 2 atom stereocenters. The van der Waals surface area contributed by atoms with E-state index in [1.807, 2.05) is 13.8 Å². The predicted octanol–water partition coefficient (Wildman–Crippen LogP) is 2.87. The Kier molecular flexibility index (Phi) is 5.05. The van der Waals surface area contributed by atoms with E-state index >= 15 is 0 Å². The smallest absolute Gasteiger partial charge is 0.292 e. The van der Waals surface area contributed by atoms with E-state index < -0.39 is 16.6 Å². The van der Waals surface area contributed by atoms with Gasteiger partial charge in [-0.15, -0.1) is 0 Å². The number of hydrogen-bond donors (Lipinski definition) is 2. The standard InChI is InChI=1S/C16H23N3O4.CH4/c1-16(2)15(20)14(18-6-4-3-5-7-18)10-8-12(19(21)22)11(17)9-13(10)23-16;/h8-9,14-15,20H,3-7,17H2,1-2H3;1H4/t14-,15+;/m1./s1. The lowest BCUT2D eigenvalue weighted by Gasteiger charge is -2.47. The number of nitrogens with zero attached hydrogens (tertiary/aromatic N) is 2. The summed E-state index contributed by atoms with van der Waals surface area (Å²) in [6.07, 6.45) is 2.54. The molecule has 134 valence electrons. The predicted molar refractivity (Wildman–Crippen MR) is 93.1 cm³/mol. The van der Waals surface area contributed by atoms with Crippen LogP contribution >= 0.6 is 0 Å². The SMILES string of the molecule is C.CC1(C)Oc2cc(N)c([N+](=O)[O-])cc2[C@@H](N2CCCCC2)[C@@H]1O. The number of anilines is 1. The average Bonchev–Trinajstić information content (AvgIpc) is 2.48. The van der Waals surface area contributed by atoms with E-state index in [-0.39, 0.29) is 24.8 Å². The molecule has 0 saturated carbocycles. The number of aliphatic hydroxyl groups is 1. The number of aliphatic hydroxyl groups excluding tert-OH is 1. The maximum Gasteiger partial charge on any atom is 0.292 e. The van der Waals surface area contributed by atoms with Crippen molar-refractivity contribution in [3.05, 3.63) is 27.8 Å². The van der Waals surface area contributed by atoms with Crippen LogP contribution in [0.5, 0.6) is 5.75 Å². The molecule has 1 aromatic rings. The normalized spacial score (nSPS) is 26.0. The van der Waals surface area contributed by atoms with E-state index in [1.165, 1.54) is 18.6 Å². The van der Waals surface area contributed by atoms with Crippen molar-refractivity contribution in [2.24, 2.45) is 0 Å². The van der Waals surface area contributed by atoms with Crippen LogP contribution in [-0.4, -0.2) is 39.7 Å². The molecule has 0 aliphatic carbocycles. The third kappa shape index (κ3) is 3.06. The Bertz CT molecular complexity index is 627. The van der Waals surface area contributed by atoms with E-state index in [2.05, 4.69) is 4.90 Å². The maximum absolute atomic E-state index is 11.2. The number of benzene rings is 1.